The lowest BCUT2D eigenvalue weighted by Gasteiger charge is -2.27. The Balaban J connectivity index is 2.39. The van der Waals surface area contributed by atoms with Crippen molar-refractivity contribution in [3.63, 3.8) is 0 Å². The molecule has 3 N–H and O–H groups in total. The Kier molecular flexibility index (Phi) is 4.38. The number of hydrogen-bond acceptors (Lipinski definition) is 4. The molecule has 0 aromatic carbocycles. The molecular weight excluding hydrogens is 190 g/mol. The third-order valence-corrected chi connectivity index (χ3v) is 3.29. The fraction of sp³-hybridized carbons (Fsp3) is 0.875. The molecule has 1 unspecified atom stereocenters. The molecule has 0 bridgehead atoms. The van der Waals surface area contributed by atoms with Crippen LogP contribution in [0.15, 0.2) is 0 Å². The lowest BCUT2D eigenvalue weighted by Crippen LogP contribution is -2.34. The summed E-state index contributed by atoms with van der Waals surface area (Å²) in [6, 6.07) is 0. The van der Waals surface area contributed by atoms with Gasteiger partial charge in [0.05, 0.1) is 6.61 Å². The molecule has 5 heteroatoms. The van der Waals surface area contributed by atoms with Crippen molar-refractivity contribution in [1.82, 2.24) is 0 Å². The summed E-state index contributed by atoms with van der Waals surface area (Å²) in [5.74, 6) is 2.42. The van der Waals surface area contributed by atoms with Crippen molar-refractivity contribution in [2.45, 2.75) is 18.9 Å². The third kappa shape index (κ3) is 3.44. The van der Waals surface area contributed by atoms with Gasteiger partial charge in [0.1, 0.15) is 6.10 Å². The number of hydrogen-bond donors (Lipinski definition) is 2. The van der Waals surface area contributed by atoms with Crippen molar-refractivity contribution in [3.05, 3.63) is 0 Å². The summed E-state index contributed by atoms with van der Waals surface area (Å²) in [6.45, 7) is -0.127. The first-order valence-corrected chi connectivity index (χ1v) is 5.54. The molecule has 1 amide bonds. The van der Waals surface area contributed by atoms with Crippen molar-refractivity contribution in [2.24, 2.45) is 11.7 Å². The summed E-state index contributed by atoms with van der Waals surface area (Å²) in [7, 11) is 0. The quantitative estimate of drug-likeness (QED) is 0.707. The Morgan fingerprint density at radius 1 is 1.62 bits per heavy atom. The third-order valence-electron chi connectivity index (χ3n) is 2.24. The molecule has 4 nitrogen and oxygen atoms in total. The van der Waals surface area contributed by atoms with E-state index in [0.29, 0.717) is 0 Å². The maximum atomic E-state index is 10.5. The van der Waals surface area contributed by atoms with E-state index in [0.717, 1.165) is 24.3 Å². The molecule has 0 aliphatic carbocycles. The van der Waals surface area contributed by atoms with Gasteiger partial charge in [-0.05, 0) is 30.3 Å². The van der Waals surface area contributed by atoms with Crippen LogP contribution in [0.2, 0.25) is 0 Å². The van der Waals surface area contributed by atoms with Crippen molar-refractivity contribution < 1.29 is 14.6 Å². The van der Waals surface area contributed by atoms with Gasteiger partial charge >= 0.3 is 6.09 Å². The minimum atomic E-state index is -0.794. The Labute approximate surface area is 81.8 Å². The molecule has 1 heterocycles. The van der Waals surface area contributed by atoms with E-state index in [9.17, 15) is 4.79 Å². The van der Waals surface area contributed by atoms with Crippen LogP contribution in [-0.4, -0.2) is 35.4 Å². The SMILES string of the molecule is NC(=O)OC(CO)C1CCSCC1. The molecule has 0 spiro atoms. The number of nitrogens with two attached hydrogens (primary N) is 1. The van der Waals surface area contributed by atoms with Crippen molar-refractivity contribution >= 4 is 17.9 Å². The van der Waals surface area contributed by atoms with Gasteiger partial charge in [0.15, 0.2) is 0 Å². The summed E-state index contributed by atoms with van der Waals surface area (Å²) in [6.07, 6.45) is 0.780. The molecule has 0 saturated carbocycles. The first-order chi connectivity index (χ1) is 6.24. The first-order valence-electron chi connectivity index (χ1n) is 4.38. The van der Waals surface area contributed by atoms with Crippen molar-refractivity contribution in [3.8, 4) is 0 Å². The second kappa shape index (κ2) is 5.34. The van der Waals surface area contributed by atoms with Crippen molar-refractivity contribution in [2.75, 3.05) is 18.1 Å². The number of thioether (sulfide) groups is 1. The highest BCUT2D eigenvalue weighted by Crippen LogP contribution is 2.26. The summed E-state index contributed by atoms with van der Waals surface area (Å²) in [5, 5.41) is 8.99. The molecule has 1 rings (SSSR count). The zero-order valence-corrected chi connectivity index (χ0v) is 8.26. The molecular formula is C8H15NO3S. The first kappa shape index (κ1) is 10.7. The molecule has 76 valence electrons. The molecule has 1 atom stereocenters. The summed E-state index contributed by atoms with van der Waals surface area (Å²) in [4.78, 5) is 10.5. The number of primary amides is 1. The van der Waals surface area contributed by atoms with E-state index in [4.69, 9.17) is 15.6 Å². The Bertz CT molecular complexity index is 171. The molecule has 0 radical (unpaired) electrons. The van der Waals surface area contributed by atoms with E-state index in [1.54, 1.807) is 0 Å². The second-order valence-electron chi connectivity index (χ2n) is 3.11. The maximum absolute atomic E-state index is 10.5. The molecule has 13 heavy (non-hydrogen) atoms. The topological polar surface area (TPSA) is 72.6 Å². The van der Waals surface area contributed by atoms with Gasteiger partial charge in [-0.15, -0.1) is 0 Å². The molecule has 1 aliphatic rings. The van der Waals surface area contributed by atoms with Crippen LogP contribution in [0, 0.1) is 5.92 Å². The molecule has 0 aromatic heterocycles. The molecule has 1 aliphatic heterocycles. The van der Waals surface area contributed by atoms with E-state index in [2.05, 4.69) is 0 Å². The van der Waals surface area contributed by atoms with Gasteiger partial charge in [-0.25, -0.2) is 4.79 Å². The number of ether oxygens (including phenoxy) is 1. The van der Waals surface area contributed by atoms with E-state index < -0.39 is 12.2 Å². The van der Waals surface area contributed by atoms with Gasteiger partial charge in [-0.3, -0.25) is 0 Å². The van der Waals surface area contributed by atoms with E-state index in [1.807, 2.05) is 11.8 Å². The largest absolute Gasteiger partial charge is 0.444 e. The van der Waals surface area contributed by atoms with Crippen LogP contribution in [0.25, 0.3) is 0 Å². The number of rotatable bonds is 3. The monoisotopic (exact) mass is 205 g/mol. The van der Waals surface area contributed by atoms with Gasteiger partial charge in [0, 0.05) is 0 Å². The van der Waals surface area contributed by atoms with Crippen LogP contribution >= 0.6 is 11.8 Å². The van der Waals surface area contributed by atoms with Crippen LogP contribution in [-0.2, 0) is 4.74 Å². The van der Waals surface area contributed by atoms with Gasteiger partial charge < -0.3 is 15.6 Å². The Morgan fingerprint density at radius 2 is 2.23 bits per heavy atom. The standard InChI is InChI=1S/C8H15NO3S/c9-8(11)12-7(5-10)6-1-3-13-4-2-6/h6-7,10H,1-5H2,(H2,9,11). The lowest BCUT2D eigenvalue weighted by atomic mass is 9.96. The van der Waals surface area contributed by atoms with Crippen LogP contribution in [0.4, 0.5) is 4.79 Å². The molecule has 1 fully saturated rings. The highest BCUT2D eigenvalue weighted by Gasteiger charge is 2.25. The zero-order chi connectivity index (χ0) is 9.68. The van der Waals surface area contributed by atoms with Gasteiger partial charge in [-0.1, -0.05) is 0 Å². The van der Waals surface area contributed by atoms with Crippen LogP contribution in [0.1, 0.15) is 12.8 Å². The van der Waals surface area contributed by atoms with E-state index in [-0.39, 0.29) is 12.5 Å². The predicted octanol–water partition coefficient (Wildman–Crippen LogP) is 0.586. The zero-order valence-electron chi connectivity index (χ0n) is 7.44. The van der Waals surface area contributed by atoms with E-state index in [1.165, 1.54) is 0 Å². The Morgan fingerprint density at radius 3 is 2.69 bits per heavy atom. The second-order valence-corrected chi connectivity index (χ2v) is 4.33. The number of carbonyl (C=O) groups excluding carboxylic acids is 1. The van der Waals surface area contributed by atoms with Crippen LogP contribution in [0.5, 0.6) is 0 Å². The minimum Gasteiger partial charge on any atom is -0.444 e. The van der Waals surface area contributed by atoms with Crippen molar-refractivity contribution in [1.29, 1.82) is 0 Å². The lowest BCUT2D eigenvalue weighted by molar-refractivity contribution is 0.0243. The maximum Gasteiger partial charge on any atom is 0.404 e. The summed E-state index contributed by atoms with van der Waals surface area (Å²) >= 11 is 1.89. The van der Waals surface area contributed by atoms with Gasteiger partial charge in [0.2, 0.25) is 0 Å². The molecule has 1 saturated heterocycles. The fourth-order valence-electron chi connectivity index (χ4n) is 1.52. The Hall–Kier alpha value is -0.420. The smallest absolute Gasteiger partial charge is 0.404 e. The number of carbonyl (C=O) groups is 1. The summed E-state index contributed by atoms with van der Waals surface area (Å²) < 4.78 is 4.82. The highest BCUT2D eigenvalue weighted by molar-refractivity contribution is 7.99. The normalized spacial score (nSPS) is 21.0. The average molecular weight is 205 g/mol. The van der Waals surface area contributed by atoms with Gasteiger partial charge in [-0.2, -0.15) is 11.8 Å². The average Bonchev–Trinajstić information content (AvgIpc) is 2.15. The van der Waals surface area contributed by atoms with Crippen LogP contribution < -0.4 is 5.73 Å². The van der Waals surface area contributed by atoms with Crippen LogP contribution in [0.3, 0.4) is 0 Å². The highest BCUT2D eigenvalue weighted by atomic mass is 32.2. The number of aliphatic hydroxyl groups excluding tert-OH is 1. The minimum absolute atomic E-state index is 0.127. The molecule has 0 aromatic rings. The number of amides is 1. The van der Waals surface area contributed by atoms with Gasteiger partial charge in [0.25, 0.3) is 0 Å². The predicted molar refractivity (Wildman–Crippen MR) is 51.6 cm³/mol. The van der Waals surface area contributed by atoms with E-state index >= 15 is 0 Å². The summed E-state index contributed by atoms with van der Waals surface area (Å²) in [5.41, 5.74) is 4.90. The fourth-order valence-corrected chi connectivity index (χ4v) is 2.66. The number of aliphatic hydroxyl groups is 1.